The van der Waals surface area contributed by atoms with Crippen molar-refractivity contribution in [2.75, 3.05) is 7.11 Å². The molecule has 0 aliphatic rings. The quantitative estimate of drug-likeness (QED) is 0.628. The zero-order valence-electron chi connectivity index (χ0n) is 11.5. The Bertz CT molecular complexity index is 558. The summed E-state index contributed by atoms with van der Waals surface area (Å²) in [5.41, 5.74) is 1.97. The highest BCUT2D eigenvalue weighted by Gasteiger charge is 2.06. The normalized spacial score (nSPS) is 9.90. The van der Waals surface area contributed by atoms with E-state index in [4.69, 9.17) is 14.2 Å². The lowest BCUT2D eigenvalue weighted by molar-refractivity contribution is 0.0927. The van der Waals surface area contributed by atoms with E-state index in [-0.39, 0.29) is 6.61 Å². The van der Waals surface area contributed by atoms with E-state index in [1.807, 2.05) is 43.3 Å². The minimum absolute atomic E-state index is 0.161. The number of methoxy groups -OCH3 is 1. The van der Waals surface area contributed by atoms with Gasteiger partial charge in [0.15, 0.2) is 0 Å². The molecule has 0 unspecified atom stereocenters. The Kier molecular flexibility index (Phi) is 4.60. The van der Waals surface area contributed by atoms with Crippen LogP contribution in [-0.4, -0.2) is 13.3 Å². The van der Waals surface area contributed by atoms with Gasteiger partial charge in [0.1, 0.15) is 18.1 Å². The highest BCUT2D eigenvalue weighted by atomic mass is 16.7. The summed E-state index contributed by atoms with van der Waals surface area (Å²) in [5.74, 6) is 1.23. The highest BCUT2D eigenvalue weighted by Crippen LogP contribution is 2.14. The van der Waals surface area contributed by atoms with Crippen molar-refractivity contribution >= 4 is 6.16 Å². The Morgan fingerprint density at radius 1 is 0.950 bits per heavy atom. The molecule has 0 N–H and O–H groups in total. The molecule has 20 heavy (non-hydrogen) atoms. The summed E-state index contributed by atoms with van der Waals surface area (Å²) in [6.45, 7) is 2.13. The first-order chi connectivity index (χ1) is 9.67. The van der Waals surface area contributed by atoms with E-state index in [0.29, 0.717) is 5.75 Å². The molecule has 0 atom stereocenters. The lowest BCUT2D eigenvalue weighted by Crippen LogP contribution is -2.10. The van der Waals surface area contributed by atoms with Gasteiger partial charge in [0, 0.05) is 0 Å². The molecule has 0 amide bonds. The first-order valence-electron chi connectivity index (χ1n) is 6.21. The molecular weight excluding hydrogens is 256 g/mol. The predicted molar refractivity (Wildman–Crippen MR) is 75.0 cm³/mol. The van der Waals surface area contributed by atoms with E-state index in [9.17, 15) is 4.79 Å². The van der Waals surface area contributed by atoms with Crippen LogP contribution in [0, 0.1) is 6.92 Å². The molecule has 0 fully saturated rings. The third kappa shape index (κ3) is 4.02. The Labute approximate surface area is 117 Å². The van der Waals surface area contributed by atoms with Crippen molar-refractivity contribution in [3.05, 3.63) is 59.7 Å². The standard InChI is InChI=1S/C16H16O4/c1-12-3-7-15(8-4-12)20-16(17)19-11-13-5-9-14(18-2)10-6-13/h3-10H,11H2,1-2H3. The summed E-state index contributed by atoms with van der Waals surface area (Å²) in [6.07, 6.45) is -0.718. The van der Waals surface area contributed by atoms with Gasteiger partial charge >= 0.3 is 6.16 Å². The molecule has 2 rings (SSSR count). The maximum absolute atomic E-state index is 11.5. The number of benzene rings is 2. The summed E-state index contributed by atoms with van der Waals surface area (Å²) in [7, 11) is 1.60. The van der Waals surface area contributed by atoms with E-state index >= 15 is 0 Å². The van der Waals surface area contributed by atoms with Crippen LogP contribution in [-0.2, 0) is 11.3 Å². The smallest absolute Gasteiger partial charge is 0.497 e. The van der Waals surface area contributed by atoms with Gasteiger partial charge in [-0.05, 0) is 36.8 Å². The fourth-order valence-corrected chi connectivity index (χ4v) is 1.60. The largest absolute Gasteiger partial charge is 0.514 e. The summed E-state index contributed by atoms with van der Waals surface area (Å²) in [4.78, 5) is 11.5. The molecule has 0 heterocycles. The minimum Gasteiger partial charge on any atom is -0.497 e. The topological polar surface area (TPSA) is 44.8 Å². The first-order valence-corrected chi connectivity index (χ1v) is 6.21. The maximum Gasteiger partial charge on any atom is 0.514 e. The van der Waals surface area contributed by atoms with E-state index < -0.39 is 6.16 Å². The van der Waals surface area contributed by atoms with Crippen LogP contribution >= 0.6 is 0 Å². The summed E-state index contributed by atoms with van der Waals surface area (Å²) >= 11 is 0. The number of carbonyl (C=O) groups excluding carboxylic acids is 1. The van der Waals surface area contributed by atoms with Gasteiger partial charge < -0.3 is 14.2 Å². The lowest BCUT2D eigenvalue weighted by atomic mass is 10.2. The van der Waals surface area contributed by atoms with Gasteiger partial charge in [-0.3, -0.25) is 0 Å². The molecule has 0 saturated heterocycles. The van der Waals surface area contributed by atoms with Crippen LogP contribution in [0.2, 0.25) is 0 Å². The van der Waals surface area contributed by atoms with Crippen LogP contribution in [0.1, 0.15) is 11.1 Å². The molecule has 0 spiro atoms. The average Bonchev–Trinajstić information content (AvgIpc) is 2.48. The van der Waals surface area contributed by atoms with Gasteiger partial charge in [-0.15, -0.1) is 0 Å². The third-order valence-electron chi connectivity index (χ3n) is 2.74. The lowest BCUT2D eigenvalue weighted by Gasteiger charge is -2.07. The van der Waals surface area contributed by atoms with Crippen molar-refractivity contribution in [2.45, 2.75) is 13.5 Å². The van der Waals surface area contributed by atoms with Gasteiger partial charge in [-0.25, -0.2) is 4.79 Å². The highest BCUT2D eigenvalue weighted by molar-refractivity contribution is 5.63. The van der Waals surface area contributed by atoms with Crippen molar-refractivity contribution in [2.24, 2.45) is 0 Å². The van der Waals surface area contributed by atoms with E-state index in [1.54, 1.807) is 19.2 Å². The van der Waals surface area contributed by atoms with Gasteiger partial charge in [0.05, 0.1) is 7.11 Å². The fourth-order valence-electron chi connectivity index (χ4n) is 1.60. The molecule has 0 aliphatic heterocycles. The Balaban J connectivity index is 1.83. The number of rotatable bonds is 4. The molecule has 0 aliphatic carbocycles. The number of hydrogen-bond donors (Lipinski definition) is 0. The molecule has 0 bridgehead atoms. The van der Waals surface area contributed by atoms with Crippen molar-refractivity contribution in [1.29, 1.82) is 0 Å². The second-order valence-corrected chi connectivity index (χ2v) is 4.30. The Morgan fingerprint density at radius 3 is 2.15 bits per heavy atom. The zero-order valence-corrected chi connectivity index (χ0v) is 11.5. The third-order valence-corrected chi connectivity index (χ3v) is 2.74. The SMILES string of the molecule is COc1ccc(COC(=O)Oc2ccc(C)cc2)cc1. The Morgan fingerprint density at radius 2 is 1.55 bits per heavy atom. The van der Waals surface area contributed by atoms with Crippen LogP contribution in [0.4, 0.5) is 4.79 Å². The summed E-state index contributed by atoms with van der Waals surface area (Å²) in [6, 6.07) is 14.5. The molecule has 104 valence electrons. The average molecular weight is 272 g/mol. The van der Waals surface area contributed by atoms with Crippen LogP contribution in [0.5, 0.6) is 11.5 Å². The van der Waals surface area contributed by atoms with Gasteiger partial charge in [-0.2, -0.15) is 0 Å². The van der Waals surface area contributed by atoms with E-state index in [1.165, 1.54) is 0 Å². The number of carbonyl (C=O) groups is 1. The molecular formula is C16H16O4. The molecule has 0 saturated carbocycles. The van der Waals surface area contributed by atoms with Crippen molar-refractivity contribution in [1.82, 2.24) is 0 Å². The molecule has 2 aromatic rings. The fraction of sp³-hybridized carbons (Fsp3) is 0.188. The minimum atomic E-state index is -0.718. The van der Waals surface area contributed by atoms with Crippen molar-refractivity contribution < 1.29 is 19.0 Å². The molecule has 2 aromatic carbocycles. The predicted octanol–water partition coefficient (Wildman–Crippen LogP) is 3.72. The monoisotopic (exact) mass is 272 g/mol. The second-order valence-electron chi connectivity index (χ2n) is 4.30. The van der Waals surface area contributed by atoms with Crippen LogP contribution < -0.4 is 9.47 Å². The zero-order chi connectivity index (χ0) is 14.4. The first kappa shape index (κ1) is 13.9. The van der Waals surface area contributed by atoms with Crippen LogP contribution in [0.15, 0.2) is 48.5 Å². The van der Waals surface area contributed by atoms with Crippen LogP contribution in [0.3, 0.4) is 0 Å². The van der Waals surface area contributed by atoms with Crippen molar-refractivity contribution in [3.8, 4) is 11.5 Å². The second kappa shape index (κ2) is 6.61. The van der Waals surface area contributed by atoms with Gasteiger partial charge in [0.2, 0.25) is 0 Å². The van der Waals surface area contributed by atoms with Gasteiger partial charge in [0.25, 0.3) is 0 Å². The Hall–Kier alpha value is -2.49. The summed E-state index contributed by atoms with van der Waals surface area (Å²) < 4.78 is 15.1. The molecule has 0 radical (unpaired) electrons. The molecule has 4 nitrogen and oxygen atoms in total. The van der Waals surface area contributed by atoms with E-state index in [0.717, 1.165) is 16.9 Å². The molecule has 0 aromatic heterocycles. The van der Waals surface area contributed by atoms with Gasteiger partial charge in [-0.1, -0.05) is 29.8 Å². The van der Waals surface area contributed by atoms with E-state index in [2.05, 4.69) is 0 Å². The van der Waals surface area contributed by atoms with Crippen molar-refractivity contribution in [3.63, 3.8) is 0 Å². The number of hydrogen-bond acceptors (Lipinski definition) is 4. The maximum atomic E-state index is 11.5. The summed E-state index contributed by atoms with van der Waals surface area (Å²) in [5, 5.41) is 0. The number of aryl methyl sites for hydroxylation is 1. The van der Waals surface area contributed by atoms with Crippen LogP contribution in [0.25, 0.3) is 0 Å². The molecule has 4 heteroatoms. The number of ether oxygens (including phenoxy) is 3.